The van der Waals surface area contributed by atoms with Crippen LogP contribution in [0.15, 0.2) is 0 Å². The van der Waals surface area contributed by atoms with E-state index in [4.69, 9.17) is 14.9 Å². The molecule has 0 fully saturated rings. The third-order valence-electron chi connectivity index (χ3n) is 2.30. The predicted octanol–water partition coefficient (Wildman–Crippen LogP) is -4.90. The smallest absolute Gasteiger partial charge is 0.336 e. The lowest BCUT2D eigenvalue weighted by molar-refractivity contribution is -0.870. The third-order valence-corrected chi connectivity index (χ3v) is 2.30. The average Bonchev–Trinajstić information content (AvgIpc) is 2.12. The fraction of sp³-hybridized carbons (Fsp3) is 0.727. The molecule has 0 rings (SSSR count). The number of aliphatic carboxylic acids is 2. The van der Waals surface area contributed by atoms with Gasteiger partial charge in [-0.25, -0.2) is 4.79 Å². The van der Waals surface area contributed by atoms with Gasteiger partial charge in [-0.2, -0.15) is 0 Å². The molecule has 0 aliphatic carbocycles. The van der Waals surface area contributed by atoms with Gasteiger partial charge >= 0.3 is 17.9 Å². The Hall–Kier alpha value is -1.42. The summed E-state index contributed by atoms with van der Waals surface area (Å²) in [4.78, 5) is 32.7. The molecule has 0 heterocycles. The SMILES string of the molecule is C[N+](C)(C)CCOC(=O)CC(O)(CC(=O)O)C(=O)O.O.[Cl-]. The second kappa shape index (κ2) is 9.50. The molecule has 0 aromatic rings. The first-order valence-electron chi connectivity index (χ1n) is 5.60. The van der Waals surface area contributed by atoms with Gasteiger partial charge in [0.25, 0.3) is 0 Å². The maximum absolute atomic E-state index is 11.4. The number of hydrogen-bond donors (Lipinski definition) is 3. The summed E-state index contributed by atoms with van der Waals surface area (Å²) in [5, 5.41) is 26.9. The fourth-order valence-electron chi connectivity index (χ4n) is 1.19. The number of carboxylic acid groups (broad SMARTS) is 2. The van der Waals surface area contributed by atoms with E-state index in [0.717, 1.165) is 0 Å². The number of esters is 1. The Kier molecular flexibility index (Phi) is 11.1. The molecule has 21 heavy (non-hydrogen) atoms. The number of carboxylic acids is 2. The van der Waals surface area contributed by atoms with Gasteiger partial charge in [0.2, 0.25) is 0 Å². The highest BCUT2D eigenvalue weighted by molar-refractivity contribution is 5.88. The van der Waals surface area contributed by atoms with E-state index in [1.54, 1.807) is 0 Å². The van der Waals surface area contributed by atoms with Gasteiger partial charge in [-0.05, 0) is 0 Å². The molecule has 0 amide bonds. The zero-order valence-electron chi connectivity index (χ0n) is 12.1. The van der Waals surface area contributed by atoms with E-state index in [1.807, 2.05) is 21.1 Å². The van der Waals surface area contributed by atoms with Crippen LogP contribution in [0.3, 0.4) is 0 Å². The van der Waals surface area contributed by atoms with Crippen LogP contribution < -0.4 is 12.4 Å². The summed E-state index contributed by atoms with van der Waals surface area (Å²) in [6, 6.07) is 0. The van der Waals surface area contributed by atoms with E-state index in [9.17, 15) is 19.5 Å². The van der Waals surface area contributed by atoms with Gasteiger partial charge in [-0.1, -0.05) is 0 Å². The van der Waals surface area contributed by atoms with Crippen LogP contribution >= 0.6 is 0 Å². The fourth-order valence-corrected chi connectivity index (χ4v) is 1.19. The van der Waals surface area contributed by atoms with Crippen molar-refractivity contribution in [1.29, 1.82) is 0 Å². The Morgan fingerprint density at radius 3 is 1.90 bits per heavy atom. The highest BCUT2D eigenvalue weighted by atomic mass is 35.5. The summed E-state index contributed by atoms with van der Waals surface area (Å²) in [5.74, 6) is -4.22. The lowest BCUT2D eigenvalue weighted by Gasteiger charge is -2.24. The number of rotatable bonds is 8. The first-order valence-corrected chi connectivity index (χ1v) is 5.60. The maximum atomic E-state index is 11.4. The van der Waals surface area contributed by atoms with E-state index in [1.165, 1.54) is 0 Å². The molecular formula is C11H22ClNO8. The number of carbonyl (C=O) groups is 3. The second-order valence-corrected chi connectivity index (χ2v) is 5.32. The number of quaternary nitrogens is 1. The van der Waals surface area contributed by atoms with Crippen LogP contribution in [0.5, 0.6) is 0 Å². The molecule has 9 nitrogen and oxygen atoms in total. The summed E-state index contributed by atoms with van der Waals surface area (Å²) in [5.41, 5.74) is -2.64. The molecule has 10 heteroatoms. The number of likely N-dealkylation sites (N-methyl/N-ethyl adjacent to an activating group) is 1. The molecule has 126 valence electrons. The lowest BCUT2D eigenvalue weighted by atomic mass is 9.96. The highest BCUT2D eigenvalue weighted by Crippen LogP contribution is 2.17. The number of nitrogens with zero attached hydrogens (tertiary/aromatic N) is 1. The zero-order valence-corrected chi connectivity index (χ0v) is 12.9. The highest BCUT2D eigenvalue weighted by Gasteiger charge is 2.41. The normalized spacial score (nSPS) is 13.1. The molecule has 0 aromatic heterocycles. The number of ether oxygens (including phenoxy) is 1. The molecular weight excluding hydrogens is 310 g/mol. The molecule has 0 aromatic carbocycles. The van der Waals surface area contributed by atoms with Crippen molar-refractivity contribution in [3.63, 3.8) is 0 Å². The minimum Gasteiger partial charge on any atom is -1.00 e. The van der Waals surface area contributed by atoms with E-state index < -0.39 is 36.4 Å². The Morgan fingerprint density at radius 2 is 1.57 bits per heavy atom. The first-order chi connectivity index (χ1) is 8.46. The molecule has 0 bridgehead atoms. The minimum absolute atomic E-state index is 0. The summed E-state index contributed by atoms with van der Waals surface area (Å²) >= 11 is 0. The van der Waals surface area contributed by atoms with Crippen molar-refractivity contribution in [2.24, 2.45) is 0 Å². The first kappa shape index (κ1) is 24.6. The van der Waals surface area contributed by atoms with E-state index >= 15 is 0 Å². The van der Waals surface area contributed by atoms with Gasteiger partial charge in [0.05, 0.1) is 34.0 Å². The Bertz CT molecular complexity index is 368. The van der Waals surface area contributed by atoms with Crippen molar-refractivity contribution in [2.45, 2.75) is 18.4 Å². The van der Waals surface area contributed by atoms with Crippen LogP contribution in [0.25, 0.3) is 0 Å². The summed E-state index contributed by atoms with van der Waals surface area (Å²) in [7, 11) is 5.64. The standard InChI is InChI=1S/C11H19NO7.ClH.H2O/c1-12(2,3)4-5-19-9(15)7-11(18,10(16)17)6-8(13)14;;/h18H,4-7H2,1-3H3,(H-,13,14,16,17);1H;1H2. The molecule has 0 aliphatic heterocycles. The number of hydrogen-bond acceptors (Lipinski definition) is 5. The molecule has 1 unspecified atom stereocenters. The van der Waals surface area contributed by atoms with Crippen LogP contribution in [-0.4, -0.2) is 83.1 Å². The van der Waals surface area contributed by atoms with E-state index in [2.05, 4.69) is 0 Å². The second-order valence-electron chi connectivity index (χ2n) is 5.32. The zero-order chi connectivity index (χ0) is 15.3. The average molecular weight is 332 g/mol. The van der Waals surface area contributed by atoms with Crippen molar-refractivity contribution in [2.75, 3.05) is 34.3 Å². The van der Waals surface area contributed by atoms with E-state index in [-0.39, 0.29) is 24.5 Å². The Labute approximate surface area is 128 Å². The third kappa shape index (κ3) is 11.0. The van der Waals surface area contributed by atoms with Crippen molar-refractivity contribution < 1.29 is 56.8 Å². The van der Waals surface area contributed by atoms with Crippen LogP contribution in [0.4, 0.5) is 0 Å². The van der Waals surface area contributed by atoms with Gasteiger partial charge in [-0.3, -0.25) is 9.59 Å². The number of halogens is 1. The quantitative estimate of drug-likeness (QED) is 0.297. The number of aliphatic hydroxyl groups is 1. The van der Waals surface area contributed by atoms with Crippen LogP contribution in [0.2, 0.25) is 0 Å². The minimum atomic E-state index is -2.64. The van der Waals surface area contributed by atoms with Crippen molar-refractivity contribution >= 4 is 17.9 Å². The van der Waals surface area contributed by atoms with Gasteiger partial charge in [0.15, 0.2) is 5.60 Å². The Morgan fingerprint density at radius 1 is 1.10 bits per heavy atom. The molecule has 5 N–H and O–H groups in total. The summed E-state index contributed by atoms with van der Waals surface area (Å²) < 4.78 is 5.32. The number of carbonyl (C=O) groups excluding carboxylic acids is 1. The van der Waals surface area contributed by atoms with Gasteiger partial charge < -0.3 is 42.4 Å². The lowest BCUT2D eigenvalue weighted by Crippen LogP contribution is -3.00. The van der Waals surface area contributed by atoms with E-state index in [0.29, 0.717) is 11.0 Å². The monoisotopic (exact) mass is 331 g/mol. The van der Waals surface area contributed by atoms with Gasteiger partial charge in [0, 0.05) is 0 Å². The molecule has 0 aliphatic rings. The Balaban J connectivity index is -0.00000162. The summed E-state index contributed by atoms with van der Waals surface area (Å²) in [6.07, 6.45) is -1.96. The summed E-state index contributed by atoms with van der Waals surface area (Å²) in [6.45, 7) is 0.571. The molecule has 0 radical (unpaired) electrons. The van der Waals surface area contributed by atoms with Crippen LogP contribution in [0.1, 0.15) is 12.8 Å². The topological polar surface area (TPSA) is 153 Å². The van der Waals surface area contributed by atoms with Crippen molar-refractivity contribution in [1.82, 2.24) is 0 Å². The molecule has 0 saturated heterocycles. The van der Waals surface area contributed by atoms with Crippen LogP contribution in [-0.2, 0) is 19.1 Å². The van der Waals surface area contributed by atoms with Crippen LogP contribution in [0, 0.1) is 0 Å². The largest absolute Gasteiger partial charge is 1.00 e. The molecule has 0 saturated carbocycles. The maximum Gasteiger partial charge on any atom is 0.336 e. The van der Waals surface area contributed by atoms with Crippen molar-refractivity contribution in [3.8, 4) is 0 Å². The van der Waals surface area contributed by atoms with Gasteiger partial charge in [0.1, 0.15) is 13.2 Å². The van der Waals surface area contributed by atoms with Gasteiger partial charge in [-0.15, -0.1) is 0 Å². The molecule has 1 atom stereocenters. The predicted molar refractivity (Wildman–Crippen MR) is 66.9 cm³/mol. The molecule has 0 spiro atoms. The van der Waals surface area contributed by atoms with Crippen molar-refractivity contribution in [3.05, 3.63) is 0 Å².